The van der Waals surface area contributed by atoms with Crippen molar-refractivity contribution in [2.45, 2.75) is 20.3 Å². The van der Waals surface area contributed by atoms with Crippen molar-refractivity contribution in [2.75, 3.05) is 13.2 Å². The van der Waals surface area contributed by atoms with Crippen molar-refractivity contribution >= 4 is 23.7 Å². The van der Waals surface area contributed by atoms with E-state index in [0.29, 0.717) is 0 Å². The molecule has 17 heavy (non-hydrogen) atoms. The van der Waals surface area contributed by atoms with Gasteiger partial charge in [-0.15, -0.1) is 0 Å². The smallest absolute Gasteiger partial charge is 0.355 e. The highest BCUT2D eigenvalue weighted by Crippen LogP contribution is 1.94. The van der Waals surface area contributed by atoms with E-state index in [1.165, 1.54) is 0 Å². The minimum atomic E-state index is -0.948. The monoisotopic (exact) mass is 245 g/mol. The van der Waals surface area contributed by atoms with Gasteiger partial charge >= 0.3 is 18.0 Å². The number of esters is 2. The maximum Gasteiger partial charge on any atom is 0.355 e. The highest BCUT2D eigenvalue weighted by Gasteiger charge is 2.18. The third-order valence-corrected chi connectivity index (χ3v) is 1.43. The first kappa shape index (κ1) is 14.9. The second kappa shape index (κ2) is 8.08. The summed E-state index contributed by atoms with van der Waals surface area (Å²) in [7, 11) is 0. The van der Waals surface area contributed by atoms with Gasteiger partial charge in [-0.3, -0.25) is 4.79 Å². The van der Waals surface area contributed by atoms with Gasteiger partial charge in [0.05, 0.1) is 19.6 Å². The lowest BCUT2D eigenvalue weighted by Gasteiger charge is -2.05. The number of urea groups is 1. The zero-order valence-electron chi connectivity index (χ0n) is 9.69. The average Bonchev–Trinajstić information content (AvgIpc) is 2.24. The second-order valence-corrected chi connectivity index (χ2v) is 2.74. The van der Waals surface area contributed by atoms with Gasteiger partial charge in [0.1, 0.15) is 0 Å². The fraction of sp³-hybridized carbons (Fsp3) is 0.556. The minimum Gasteiger partial charge on any atom is -0.466 e. The standard InChI is InChI=1S/C9H15N3O5/c1-3-16-7(13)5-6(8(14)17-4-2)11-12-9(10)15/h3-5H2,1-2H3,(H3,10,12,15). The molecule has 0 aliphatic carbocycles. The van der Waals surface area contributed by atoms with Crippen molar-refractivity contribution in [1.29, 1.82) is 0 Å². The molecule has 0 unspecified atom stereocenters. The van der Waals surface area contributed by atoms with Crippen LogP contribution in [0.4, 0.5) is 4.79 Å². The average molecular weight is 245 g/mol. The number of carbonyl (C=O) groups is 3. The molecule has 0 rings (SSSR count). The molecule has 0 fully saturated rings. The molecule has 0 radical (unpaired) electrons. The van der Waals surface area contributed by atoms with Gasteiger partial charge in [-0.05, 0) is 13.8 Å². The lowest BCUT2D eigenvalue weighted by molar-refractivity contribution is -0.143. The minimum absolute atomic E-state index is 0.122. The predicted octanol–water partition coefficient (Wildman–Crippen LogP) is -0.473. The lowest BCUT2D eigenvalue weighted by Crippen LogP contribution is -2.30. The molecule has 3 N–H and O–H groups in total. The molecule has 0 heterocycles. The Kier molecular flexibility index (Phi) is 7.07. The SMILES string of the molecule is CCOC(=O)CC(=NNC(N)=O)C(=O)OCC. The molecule has 0 aliphatic rings. The van der Waals surface area contributed by atoms with Gasteiger partial charge in [0.2, 0.25) is 0 Å². The number of carbonyl (C=O) groups excluding carboxylic acids is 3. The first-order chi connectivity index (χ1) is 8.01. The Hall–Kier alpha value is -2.12. The van der Waals surface area contributed by atoms with E-state index in [-0.39, 0.29) is 18.9 Å². The van der Waals surface area contributed by atoms with Crippen molar-refractivity contribution in [1.82, 2.24) is 5.43 Å². The van der Waals surface area contributed by atoms with Crippen LogP contribution in [0.25, 0.3) is 0 Å². The van der Waals surface area contributed by atoms with Gasteiger partial charge in [0, 0.05) is 0 Å². The number of hydrogen-bond acceptors (Lipinski definition) is 6. The van der Waals surface area contributed by atoms with Gasteiger partial charge in [-0.2, -0.15) is 5.10 Å². The van der Waals surface area contributed by atoms with E-state index in [2.05, 4.69) is 14.6 Å². The van der Waals surface area contributed by atoms with Crippen LogP contribution in [-0.2, 0) is 19.1 Å². The molecule has 0 bridgehead atoms. The van der Waals surface area contributed by atoms with Crippen LogP contribution in [0.3, 0.4) is 0 Å². The van der Waals surface area contributed by atoms with Crippen LogP contribution < -0.4 is 11.2 Å². The number of ether oxygens (including phenoxy) is 2. The Labute approximate surface area is 98.1 Å². The van der Waals surface area contributed by atoms with Crippen molar-refractivity contribution < 1.29 is 23.9 Å². The van der Waals surface area contributed by atoms with E-state index in [1.54, 1.807) is 13.8 Å². The molecule has 0 aromatic heterocycles. The Balaban J connectivity index is 4.60. The van der Waals surface area contributed by atoms with Gasteiger partial charge in [-0.1, -0.05) is 0 Å². The van der Waals surface area contributed by atoms with Gasteiger partial charge in [0.15, 0.2) is 5.71 Å². The van der Waals surface area contributed by atoms with E-state index in [4.69, 9.17) is 5.73 Å². The lowest BCUT2D eigenvalue weighted by atomic mass is 10.3. The number of hydrazone groups is 1. The van der Waals surface area contributed by atoms with Crippen LogP contribution in [0, 0.1) is 0 Å². The molecule has 0 spiro atoms. The molecular weight excluding hydrogens is 230 g/mol. The van der Waals surface area contributed by atoms with Crippen LogP contribution in [0.15, 0.2) is 5.10 Å². The van der Waals surface area contributed by atoms with E-state index in [1.807, 2.05) is 5.43 Å². The zero-order chi connectivity index (χ0) is 13.3. The van der Waals surface area contributed by atoms with E-state index < -0.39 is 24.4 Å². The predicted molar refractivity (Wildman–Crippen MR) is 58.0 cm³/mol. The van der Waals surface area contributed by atoms with Crippen molar-refractivity contribution in [3.8, 4) is 0 Å². The summed E-state index contributed by atoms with van der Waals surface area (Å²) in [6.45, 7) is 3.53. The highest BCUT2D eigenvalue weighted by molar-refractivity contribution is 6.39. The van der Waals surface area contributed by atoms with Crippen LogP contribution in [0.1, 0.15) is 20.3 Å². The number of rotatable bonds is 6. The Morgan fingerprint density at radius 1 is 1.18 bits per heavy atom. The molecule has 0 aromatic rings. The largest absolute Gasteiger partial charge is 0.466 e. The first-order valence-electron chi connectivity index (χ1n) is 4.96. The van der Waals surface area contributed by atoms with E-state index >= 15 is 0 Å². The van der Waals surface area contributed by atoms with Crippen molar-refractivity contribution in [3.63, 3.8) is 0 Å². The fourth-order valence-electron chi connectivity index (χ4n) is 0.843. The zero-order valence-corrected chi connectivity index (χ0v) is 9.69. The first-order valence-corrected chi connectivity index (χ1v) is 4.96. The van der Waals surface area contributed by atoms with Crippen LogP contribution in [-0.4, -0.2) is 36.9 Å². The summed E-state index contributed by atoms with van der Waals surface area (Å²) in [5.74, 6) is -1.46. The third kappa shape index (κ3) is 6.88. The summed E-state index contributed by atoms with van der Waals surface area (Å²) in [6, 6.07) is -0.948. The molecule has 0 saturated carbocycles. The molecule has 0 aliphatic heterocycles. The Morgan fingerprint density at radius 2 is 1.76 bits per heavy atom. The summed E-state index contributed by atoms with van der Waals surface area (Å²) in [6.07, 6.45) is -0.396. The van der Waals surface area contributed by atoms with Crippen molar-refractivity contribution in [2.24, 2.45) is 10.8 Å². The molecule has 8 heteroatoms. The quantitative estimate of drug-likeness (QED) is 0.372. The van der Waals surface area contributed by atoms with E-state index in [9.17, 15) is 14.4 Å². The molecular formula is C9H15N3O5. The number of nitrogens with two attached hydrogens (primary N) is 1. The third-order valence-electron chi connectivity index (χ3n) is 1.43. The number of nitrogens with one attached hydrogen (secondary N) is 1. The molecule has 96 valence electrons. The highest BCUT2D eigenvalue weighted by atomic mass is 16.5. The molecule has 0 saturated heterocycles. The number of primary amides is 1. The maximum absolute atomic E-state index is 11.3. The maximum atomic E-state index is 11.3. The Bertz CT molecular complexity index is 327. The van der Waals surface area contributed by atoms with Gasteiger partial charge in [0.25, 0.3) is 0 Å². The summed E-state index contributed by atoms with van der Waals surface area (Å²) >= 11 is 0. The fourth-order valence-corrected chi connectivity index (χ4v) is 0.843. The summed E-state index contributed by atoms with van der Waals surface area (Å²) in [5.41, 5.74) is 6.36. The number of hydrogen-bond donors (Lipinski definition) is 2. The van der Waals surface area contributed by atoms with E-state index in [0.717, 1.165) is 0 Å². The molecule has 0 aromatic carbocycles. The normalized spacial score (nSPS) is 10.6. The number of nitrogens with zero attached hydrogens (tertiary/aromatic N) is 1. The number of amides is 2. The summed E-state index contributed by atoms with van der Waals surface area (Å²) in [5, 5.41) is 3.38. The summed E-state index contributed by atoms with van der Waals surface area (Å²) in [4.78, 5) is 32.9. The topological polar surface area (TPSA) is 120 Å². The molecule has 8 nitrogen and oxygen atoms in total. The second-order valence-electron chi connectivity index (χ2n) is 2.74. The van der Waals surface area contributed by atoms with Gasteiger partial charge < -0.3 is 15.2 Å². The molecule has 0 atom stereocenters. The Morgan fingerprint density at radius 3 is 2.24 bits per heavy atom. The summed E-state index contributed by atoms with van der Waals surface area (Å²) < 4.78 is 9.28. The van der Waals surface area contributed by atoms with Gasteiger partial charge in [-0.25, -0.2) is 15.0 Å². The van der Waals surface area contributed by atoms with Crippen molar-refractivity contribution in [3.05, 3.63) is 0 Å². The van der Waals surface area contributed by atoms with Crippen LogP contribution >= 0.6 is 0 Å². The van der Waals surface area contributed by atoms with Crippen LogP contribution in [0.2, 0.25) is 0 Å². The van der Waals surface area contributed by atoms with Crippen LogP contribution in [0.5, 0.6) is 0 Å². The molecule has 2 amide bonds.